The van der Waals surface area contributed by atoms with E-state index in [2.05, 4.69) is 38.5 Å². The summed E-state index contributed by atoms with van der Waals surface area (Å²) in [5, 5.41) is 24.9. The molecule has 188 valence electrons. The fraction of sp³-hybridized carbons (Fsp3) is 0.500. The van der Waals surface area contributed by atoms with Gasteiger partial charge >= 0.3 is 11.9 Å². The summed E-state index contributed by atoms with van der Waals surface area (Å²) in [7, 11) is 0. The van der Waals surface area contributed by atoms with E-state index in [0.717, 1.165) is 0 Å². The largest absolute Gasteiger partial charge is 0.481 e. The van der Waals surface area contributed by atoms with E-state index in [1.54, 1.807) is 0 Å². The number of primary amides is 1. The molecule has 16 heteroatoms. The zero-order valence-electron chi connectivity index (χ0n) is 17.9. The van der Waals surface area contributed by atoms with Gasteiger partial charge in [-0.1, -0.05) is 0 Å². The van der Waals surface area contributed by atoms with Gasteiger partial charge in [0, 0.05) is 30.5 Å². The molecule has 34 heavy (non-hydrogen) atoms. The van der Waals surface area contributed by atoms with Crippen molar-refractivity contribution in [3.8, 4) is 0 Å². The Morgan fingerprint density at radius 3 is 2.09 bits per heavy atom. The number of carbonyl (C=O) groups excluding carboxylic acids is 4. The monoisotopic (exact) mass is 501 g/mol. The number of nitrogens with one attached hydrogen (secondary N) is 4. The lowest BCUT2D eigenvalue weighted by Crippen LogP contribution is -2.58. The van der Waals surface area contributed by atoms with Crippen LogP contribution in [0.15, 0.2) is 12.5 Å². The molecule has 4 unspecified atom stereocenters. The number of thiol groups is 1. The maximum atomic E-state index is 12.9. The van der Waals surface area contributed by atoms with E-state index in [1.807, 2.05) is 0 Å². The number of carbonyl (C=O) groups is 6. The topological polar surface area (TPSA) is 260 Å². The van der Waals surface area contributed by atoms with Crippen molar-refractivity contribution in [2.24, 2.45) is 11.5 Å². The second-order valence-corrected chi connectivity index (χ2v) is 7.56. The Bertz CT molecular complexity index is 895. The highest BCUT2D eigenvalue weighted by atomic mass is 32.1. The van der Waals surface area contributed by atoms with Crippen molar-refractivity contribution < 1.29 is 39.0 Å². The molecule has 10 N–H and O–H groups in total. The van der Waals surface area contributed by atoms with Gasteiger partial charge in [0.15, 0.2) is 0 Å². The molecule has 15 nitrogen and oxygen atoms in total. The first-order valence-corrected chi connectivity index (χ1v) is 10.6. The first-order valence-electron chi connectivity index (χ1n) is 9.92. The van der Waals surface area contributed by atoms with Crippen molar-refractivity contribution in [3.05, 3.63) is 18.2 Å². The van der Waals surface area contributed by atoms with Gasteiger partial charge in [-0.15, -0.1) is 0 Å². The van der Waals surface area contributed by atoms with Crippen molar-refractivity contribution in [1.82, 2.24) is 25.9 Å². The molecule has 0 aliphatic carbocycles. The predicted molar refractivity (Wildman–Crippen MR) is 118 cm³/mol. The van der Waals surface area contributed by atoms with E-state index in [1.165, 1.54) is 12.5 Å². The molecule has 1 aromatic rings. The third-order valence-corrected chi connectivity index (χ3v) is 4.81. The van der Waals surface area contributed by atoms with Gasteiger partial charge in [-0.05, 0) is 6.42 Å². The minimum Gasteiger partial charge on any atom is -0.481 e. The van der Waals surface area contributed by atoms with Gasteiger partial charge in [-0.2, -0.15) is 12.6 Å². The standard InChI is InChI=1S/C18H27N7O8S/c19-9(4-13(20)26)15(29)24-11(3-8-5-21-7-22-8)17(31)23-10(1-2-14(27)28)16(30)25-12(6-34)18(32)33/h5,7,9-12,34H,1-4,6,19H2,(H2,20,26)(H,21,22)(H,23,31)(H,24,29)(H,25,30)(H,27,28)(H,32,33). The normalized spacial score (nSPS) is 14.2. The minimum atomic E-state index is -1.44. The molecule has 0 fully saturated rings. The Labute approximate surface area is 198 Å². The lowest BCUT2D eigenvalue weighted by molar-refractivity contribution is -0.142. The summed E-state index contributed by atoms with van der Waals surface area (Å²) in [4.78, 5) is 77.6. The van der Waals surface area contributed by atoms with Crippen molar-refractivity contribution in [1.29, 1.82) is 0 Å². The number of nitrogens with zero attached hydrogens (tertiary/aromatic N) is 1. The molecular weight excluding hydrogens is 474 g/mol. The molecule has 0 saturated heterocycles. The lowest BCUT2D eigenvalue weighted by Gasteiger charge is -2.24. The molecule has 0 aromatic carbocycles. The molecule has 0 radical (unpaired) electrons. The number of amides is 4. The maximum Gasteiger partial charge on any atom is 0.327 e. The van der Waals surface area contributed by atoms with Crippen LogP contribution < -0.4 is 27.4 Å². The van der Waals surface area contributed by atoms with Crippen LogP contribution in [-0.4, -0.2) is 85.7 Å². The Hall–Kier alpha value is -3.66. The Kier molecular flexibility index (Phi) is 11.5. The average Bonchev–Trinajstić information content (AvgIpc) is 3.26. The van der Waals surface area contributed by atoms with Crippen molar-refractivity contribution in [3.63, 3.8) is 0 Å². The highest BCUT2D eigenvalue weighted by Gasteiger charge is 2.31. The first kappa shape index (κ1) is 28.4. The zero-order chi connectivity index (χ0) is 25.8. The van der Waals surface area contributed by atoms with Crippen LogP contribution in [0.4, 0.5) is 0 Å². The van der Waals surface area contributed by atoms with E-state index < -0.39 is 72.6 Å². The summed E-state index contributed by atoms with van der Waals surface area (Å²) in [5.41, 5.74) is 11.1. The van der Waals surface area contributed by atoms with Gasteiger partial charge in [-0.3, -0.25) is 24.0 Å². The van der Waals surface area contributed by atoms with Gasteiger partial charge in [0.25, 0.3) is 0 Å². The third-order valence-electron chi connectivity index (χ3n) is 4.45. The van der Waals surface area contributed by atoms with Crippen molar-refractivity contribution in [2.45, 2.75) is 49.9 Å². The predicted octanol–water partition coefficient (Wildman–Crippen LogP) is -3.51. The minimum absolute atomic E-state index is 0.122. The molecular formula is C18H27N7O8S. The van der Waals surface area contributed by atoms with E-state index in [0.29, 0.717) is 5.69 Å². The number of hydrogen-bond donors (Lipinski definition) is 9. The Morgan fingerprint density at radius 2 is 1.59 bits per heavy atom. The number of carboxylic acid groups (broad SMARTS) is 2. The Morgan fingerprint density at radius 1 is 1.00 bits per heavy atom. The molecule has 0 saturated carbocycles. The van der Waals surface area contributed by atoms with E-state index in [-0.39, 0.29) is 18.6 Å². The molecule has 4 atom stereocenters. The van der Waals surface area contributed by atoms with Crippen LogP contribution in [0, 0.1) is 0 Å². The van der Waals surface area contributed by atoms with Crippen LogP contribution in [0.5, 0.6) is 0 Å². The van der Waals surface area contributed by atoms with Crippen LogP contribution in [0.3, 0.4) is 0 Å². The molecule has 0 aliphatic heterocycles. The van der Waals surface area contributed by atoms with Gasteiger partial charge in [-0.25, -0.2) is 9.78 Å². The summed E-state index contributed by atoms with van der Waals surface area (Å²) in [6.45, 7) is 0. The van der Waals surface area contributed by atoms with Gasteiger partial charge < -0.3 is 42.6 Å². The van der Waals surface area contributed by atoms with Crippen LogP contribution in [0.25, 0.3) is 0 Å². The van der Waals surface area contributed by atoms with Gasteiger partial charge in [0.1, 0.15) is 18.1 Å². The number of hydrogen-bond acceptors (Lipinski definition) is 9. The Balaban J connectivity index is 3.05. The number of aromatic amines is 1. The van der Waals surface area contributed by atoms with E-state index in [4.69, 9.17) is 21.7 Å². The third kappa shape index (κ3) is 9.86. The molecule has 1 heterocycles. The number of rotatable bonds is 15. The second-order valence-electron chi connectivity index (χ2n) is 7.19. The number of H-pyrrole nitrogens is 1. The number of nitrogens with two attached hydrogens (primary N) is 2. The fourth-order valence-corrected chi connectivity index (χ4v) is 2.93. The number of imidazole rings is 1. The SMILES string of the molecule is NC(=O)CC(N)C(=O)NC(Cc1cnc[nH]1)C(=O)NC(CCC(=O)O)C(=O)NC(CS)C(=O)O. The summed E-state index contributed by atoms with van der Waals surface area (Å²) >= 11 is 3.84. The lowest BCUT2D eigenvalue weighted by atomic mass is 10.1. The molecule has 0 aliphatic rings. The van der Waals surface area contributed by atoms with Crippen LogP contribution in [0.1, 0.15) is 25.0 Å². The fourth-order valence-electron chi connectivity index (χ4n) is 2.68. The summed E-state index contributed by atoms with van der Waals surface area (Å²) in [6, 6.07) is -5.47. The smallest absolute Gasteiger partial charge is 0.327 e. The summed E-state index contributed by atoms with van der Waals surface area (Å²) in [5.74, 6) is -6.43. The molecule has 0 bridgehead atoms. The van der Waals surface area contributed by atoms with Crippen LogP contribution >= 0.6 is 12.6 Å². The number of carboxylic acids is 2. The zero-order valence-corrected chi connectivity index (χ0v) is 18.8. The van der Waals surface area contributed by atoms with Gasteiger partial charge in [0.2, 0.25) is 23.6 Å². The number of aliphatic carboxylic acids is 2. The summed E-state index contributed by atoms with van der Waals surface area (Å²) < 4.78 is 0. The molecule has 1 aromatic heterocycles. The quantitative estimate of drug-likeness (QED) is 0.107. The number of aromatic nitrogens is 2. The van der Waals surface area contributed by atoms with Crippen molar-refractivity contribution in [2.75, 3.05) is 5.75 Å². The van der Waals surface area contributed by atoms with E-state index >= 15 is 0 Å². The molecule has 0 spiro atoms. The van der Waals surface area contributed by atoms with Crippen LogP contribution in [0.2, 0.25) is 0 Å². The highest BCUT2D eigenvalue weighted by molar-refractivity contribution is 7.80. The molecule has 1 rings (SSSR count). The molecule has 4 amide bonds. The summed E-state index contributed by atoms with van der Waals surface area (Å²) in [6.07, 6.45) is 1.23. The maximum absolute atomic E-state index is 12.9. The van der Waals surface area contributed by atoms with Crippen LogP contribution in [-0.2, 0) is 35.2 Å². The van der Waals surface area contributed by atoms with E-state index in [9.17, 15) is 28.8 Å². The first-order chi connectivity index (χ1) is 15.9. The highest BCUT2D eigenvalue weighted by Crippen LogP contribution is 2.05. The average molecular weight is 502 g/mol. The second kappa shape index (κ2) is 13.8. The van der Waals surface area contributed by atoms with Gasteiger partial charge in [0.05, 0.1) is 18.8 Å². The van der Waals surface area contributed by atoms with Crippen molar-refractivity contribution >= 4 is 48.2 Å².